The second-order valence-electron chi connectivity index (χ2n) is 7.28. The molecule has 0 aliphatic heterocycles. The van der Waals surface area contributed by atoms with Crippen molar-refractivity contribution in [3.05, 3.63) is 66.4 Å². The molecule has 2 amide bonds. The number of carbonyl (C=O) groups is 2. The second kappa shape index (κ2) is 9.10. The van der Waals surface area contributed by atoms with Crippen LogP contribution in [0.2, 0.25) is 0 Å². The van der Waals surface area contributed by atoms with Crippen LogP contribution in [0.4, 0.5) is 5.69 Å². The summed E-state index contributed by atoms with van der Waals surface area (Å²) in [5.41, 5.74) is 7.80. The second-order valence-corrected chi connectivity index (χ2v) is 7.28. The van der Waals surface area contributed by atoms with E-state index >= 15 is 0 Å². The summed E-state index contributed by atoms with van der Waals surface area (Å²) < 4.78 is 7.43. The van der Waals surface area contributed by atoms with E-state index < -0.39 is 5.91 Å². The normalized spacial score (nSPS) is 11.3. The molecule has 0 bridgehead atoms. The van der Waals surface area contributed by atoms with Gasteiger partial charge >= 0.3 is 0 Å². The summed E-state index contributed by atoms with van der Waals surface area (Å²) in [6, 6.07) is 15.0. The van der Waals surface area contributed by atoms with Crippen molar-refractivity contribution in [2.45, 2.75) is 20.4 Å². The fraction of sp³-hybridized carbons (Fsp3) is 0.217. The van der Waals surface area contributed by atoms with E-state index in [4.69, 9.17) is 10.5 Å². The standard InChI is InChI=1S/C23H25N3O3/c1-16(2)14-26-12-11-18-13-19(6-9-21(18)26)25-23(28)10-5-17-3-7-20(8-4-17)29-15-22(24)27/h3-13,16H,14-15H2,1-2H3,(H2,24,27)(H,25,28)/b10-5+. The summed E-state index contributed by atoms with van der Waals surface area (Å²) >= 11 is 0. The maximum Gasteiger partial charge on any atom is 0.255 e. The fourth-order valence-electron chi connectivity index (χ4n) is 3.02. The van der Waals surface area contributed by atoms with E-state index in [0.717, 1.165) is 28.7 Å². The van der Waals surface area contributed by atoms with Crippen LogP contribution in [0.1, 0.15) is 19.4 Å². The first-order chi connectivity index (χ1) is 13.9. The molecule has 0 fully saturated rings. The molecule has 2 aromatic carbocycles. The zero-order chi connectivity index (χ0) is 20.8. The number of fused-ring (bicyclic) bond motifs is 1. The molecule has 0 radical (unpaired) electrons. The van der Waals surface area contributed by atoms with E-state index in [0.29, 0.717) is 11.7 Å². The molecule has 0 saturated carbocycles. The van der Waals surface area contributed by atoms with Crippen LogP contribution in [0.3, 0.4) is 0 Å². The summed E-state index contributed by atoms with van der Waals surface area (Å²) in [6.07, 6.45) is 5.27. The first-order valence-corrected chi connectivity index (χ1v) is 9.50. The van der Waals surface area contributed by atoms with Crippen LogP contribution >= 0.6 is 0 Å². The summed E-state index contributed by atoms with van der Waals surface area (Å²) in [5, 5.41) is 3.98. The summed E-state index contributed by atoms with van der Waals surface area (Å²) in [7, 11) is 0. The van der Waals surface area contributed by atoms with E-state index in [1.54, 1.807) is 30.3 Å². The van der Waals surface area contributed by atoms with Gasteiger partial charge < -0.3 is 20.4 Å². The van der Waals surface area contributed by atoms with Gasteiger partial charge in [0.1, 0.15) is 5.75 Å². The van der Waals surface area contributed by atoms with Crippen molar-refractivity contribution < 1.29 is 14.3 Å². The van der Waals surface area contributed by atoms with Crippen LogP contribution in [0.15, 0.2) is 60.8 Å². The van der Waals surface area contributed by atoms with E-state index in [-0.39, 0.29) is 12.5 Å². The Labute approximate surface area is 170 Å². The van der Waals surface area contributed by atoms with Gasteiger partial charge in [0, 0.05) is 35.4 Å². The minimum absolute atomic E-state index is 0.164. The number of aromatic nitrogens is 1. The molecule has 3 N–H and O–H groups in total. The highest BCUT2D eigenvalue weighted by molar-refractivity contribution is 6.03. The van der Waals surface area contributed by atoms with E-state index in [9.17, 15) is 9.59 Å². The number of nitrogens with two attached hydrogens (primary N) is 1. The first kappa shape index (κ1) is 20.2. The lowest BCUT2D eigenvalue weighted by Crippen LogP contribution is -2.19. The molecule has 3 aromatic rings. The van der Waals surface area contributed by atoms with Gasteiger partial charge in [-0.25, -0.2) is 0 Å². The topological polar surface area (TPSA) is 86.3 Å². The van der Waals surface area contributed by atoms with Crippen LogP contribution in [0.25, 0.3) is 17.0 Å². The van der Waals surface area contributed by atoms with Crippen molar-refractivity contribution in [1.29, 1.82) is 0 Å². The largest absolute Gasteiger partial charge is 0.484 e. The minimum Gasteiger partial charge on any atom is -0.484 e. The van der Waals surface area contributed by atoms with Gasteiger partial charge in [-0.1, -0.05) is 26.0 Å². The number of amides is 2. The predicted molar refractivity (Wildman–Crippen MR) is 116 cm³/mol. The number of nitrogens with zero attached hydrogens (tertiary/aromatic N) is 1. The third-order valence-corrected chi connectivity index (χ3v) is 4.29. The molecule has 0 spiro atoms. The van der Waals surface area contributed by atoms with Crippen molar-refractivity contribution in [1.82, 2.24) is 4.57 Å². The molecule has 150 valence electrons. The molecule has 1 heterocycles. The number of rotatable bonds is 8. The number of benzene rings is 2. The molecule has 6 heteroatoms. The average molecular weight is 391 g/mol. The summed E-state index contributed by atoms with van der Waals surface area (Å²) in [4.78, 5) is 23.0. The Morgan fingerprint density at radius 3 is 2.59 bits per heavy atom. The van der Waals surface area contributed by atoms with Crippen molar-refractivity contribution in [3.8, 4) is 5.75 Å². The van der Waals surface area contributed by atoms with E-state index in [1.165, 1.54) is 6.08 Å². The highest BCUT2D eigenvalue weighted by Crippen LogP contribution is 2.21. The molecule has 6 nitrogen and oxygen atoms in total. The molecule has 0 saturated heterocycles. The van der Waals surface area contributed by atoms with Crippen LogP contribution in [-0.2, 0) is 16.1 Å². The van der Waals surface area contributed by atoms with Crippen molar-refractivity contribution in [2.24, 2.45) is 11.7 Å². The third-order valence-electron chi connectivity index (χ3n) is 4.29. The Kier molecular flexibility index (Phi) is 6.34. The Balaban J connectivity index is 1.60. The Morgan fingerprint density at radius 1 is 1.14 bits per heavy atom. The average Bonchev–Trinajstić information content (AvgIpc) is 3.07. The van der Waals surface area contributed by atoms with Gasteiger partial charge in [-0.2, -0.15) is 0 Å². The highest BCUT2D eigenvalue weighted by atomic mass is 16.5. The maximum absolute atomic E-state index is 12.2. The molecular weight excluding hydrogens is 366 g/mol. The molecule has 29 heavy (non-hydrogen) atoms. The molecule has 0 atom stereocenters. The monoisotopic (exact) mass is 391 g/mol. The molecule has 1 aromatic heterocycles. The van der Waals surface area contributed by atoms with Gasteiger partial charge in [-0.05, 0) is 54.0 Å². The van der Waals surface area contributed by atoms with Gasteiger partial charge in [0.15, 0.2) is 6.61 Å². The van der Waals surface area contributed by atoms with Gasteiger partial charge in [-0.3, -0.25) is 9.59 Å². The first-order valence-electron chi connectivity index (χ1n) is 9.50. The summed E-state index contributed by atoms with van der Waals surface area (Å²) in [5.74, 6) is 0.377. The van der Waals surface area contributed by atoms with Crippen LogP contribution < -0.4 is 15.8 Å². The van der Waals surface area contributed by atoms with Gasteiger partial charge in [-0.15, -0.1) is 0 Å². The van der Waals surface area contributed by atoms with Crippen molar-refractivity contribution in [2.75, 3.05) is 11.9 Å². The quantitative estimate of drug-likeness (QED) is 0.573. The SMILES string of the molecule is CC(C)Cn1ccc2cc(NC(=O)/C=C/c3ccc(OCC(N)=O)cc3)ccc21. The number of hydrogen-bond donors (Lipinski definition) is 2. The van der Waals surface area contributed by atoms with Crippen LogP contribution in [0.5, 0.6) is 5.75 Å². The third kappa shape index (κ3) is 5.72. The maximum atomic E-state index is 12.2. The Hall–Kier alpha value is -3.54. The Morgan fingerprint density at radius 2 is 1.90 bits per heavy atom. The van der Waals surface area contributed by atoms with Crippen molar-refractivity contribution in [3.63, 3.8) is 0 Å². The van der Waals surface area contributed by atoms with Gasteiger partial charge in [0.2, 0.25) is 5.91 Å². The molecule has 3 rings (SSSR count). The molecule has 0 unspecified atom stereocenters. The number of nitrogens with one attached hydrogen (secondary N) is 1. The fourth-order valence-corrected chi connectivity index (χ4v) is 3.02. The lowest BCUT2D eigenvalue weighted by molar-refractivity contribution is -0.120. The Bertz CT molecular complexity index is 1030. The molecular formula is C23H25N3O3. The van der Waals surface area contributed by atoms with E-state index in [2.05, 4.69) is 36.0 Å². The smallest absolute Gasteiger partial charge is 0.255 e. The highest BCUT2D eigenvalue weighted by Gasteiger charge is 2.05. The molecule has 0 aliphatic rings. The lowest BCUT2D eigenvalue weighted by atomic mass is 10.2. The predicted octanol–water partition coefficient (Wildman–Crippen LogP) is 3.81. The van der Waals surface area contributed by atoms with Gasteiger partial charge in [0.05, 0.1) is 0 Å². The zero-order valence-electron chi connectivity index (χ0n) is 16.6. The number of ether oxygens (including phenoxy) is 1. The molecule has 0 aliphatic carbocycles. The van der Waals surface area contributed by atoms with Gasteiger partial charge in [0.25, 0.3) is 5.91 Å². The number of primary amides is 1. The number of anilines is 1. The van der Waals surface area contributed by atoms with Crippen LogP contribution in [-0.4, -0.2) is 23.0 Å². The van der Waals surface area contributed by atoms with Crippen molar-refractivity contribution >= 4 is 34.5 Å². The summed E-state index contributed by atoms with van der Waals surface area (Å²) in [6.45, 7) is 5.18. The zero-order valence-corrected chi connectivity index (χ0v) is 16.6. The number of hydrogen-bond acceptors (Lipinski definition) is 3. The van der Waals surface area contributed by atoms with Crippen LogP contribution in [0, 0.1) is 5.92 Å². The number of carbonyl (C=O) groups excluding carboxylic acids is 2. The van der Waals surface area contributed by atoms with E-state index in [1.807, 2.05) is 18.2 Å². The minimum atomic E-state index is -0.527. The lowest BCUT2D eigenvalue weighted by Gasteiger charge is -2.09.